The van der Waals surface area contributed by atoms with Crippen molar-refractivity contribution in [2.45, 2.75) is 39.2 Å². The van der Waals surface area contributed by atoms with Gasteiger partial charge in [-0.25, -0.2) is 4.79 Å². The van der Waals surface area contributed by atoms with Gasteiger partial charge in [-0.05, 0) is 26.2 Å². The van der Waals surface area contributed by atoms with Gasteiger partial charge in [-0.15, -0.1) is 0 Å². The van der Waals surface area contributed by atoms with Crippen molar-refractivity contribution in [3.8, 4) is 0 Å². The fourth-order valence-electron chi connectivity index (χ4n) is 2.62. The Bertz CT molecular complexity index is 422. The summed E-state index contributed by atoms with van der Waals surface area (Å²) in [7, 11) is 1.60. The fraction of sp³-hybridized carbons (Fsp3) is 0.812. The van der Waals surface area contributed by atoms with E-state index in [1.54, 1.807) is 18.9 Å². The summed E-state index contributed by atoms with van der Waals surface area (Å²) in [5.41, 5.74) is 0. The van der Waals surface area contributed by atoms with Gasteiger partial charge in [0.1, 0.15) is 0 Å². The number of hydrogen-bond acceptors (Lipinski definition) is 5. The lowest BCUT2D eigenvalue weighted by molar-refractivity contribution is -0.134. The lowest BCUT2D eigenvalue weighted by Crippen LogP contribution is -2.49. The number of nitrogens with zero attached hydrogens (tertiary/aromatic N) is 2. The zero-order valence-corrected chi connectivity index (χ0v) is 14.9. The van der Waals surface area contributed by atoms with Crippen molar-refractivity contribution in [2.24, 2.45) is 0 Å². The van der Waals surface area contributed by atoms with E-state index in [0.29, 0.717) is 52.1 Å². The van der Waals surface area contributed by atoms with Gasteiger partial charge in [0.15, 0.2) is 0 Å². The molecule has 0 unspecified atom stereocenters. The topological polar surface area (TPSA) is 88.2 Å². The van der Waals surface area contributed by atoms with Crippen LogP contribution in [0.4, 0.5) is 4.79 Å². The normalized spacial score (nSPS) is 15.0. The minimum Gasteiger partial charge on any atom is -0.450 e. The van der Waals surface area contributed by atoms with Crippen LogP contribution in [0.15, 0.2) is 0 Å². The van der Waals surface area contributed by atoms with E-state index in [0.717, 1.165) is 0 Å². The highest BCUT2D eigenvalue weighted by molar-refractivity contribution is 5.84. The molecule has 0 saturated carbocycles. The first-order valence-corrected chi connectivity index (χ1v) is 8.43. The van der Waals surface area contributed by atoms with Crippen LogP contribution in [0.5, 0.6) is 0 Å². The Labute approximate surface area is 143 Å². The van der Waals surface area contributed by atoms with Gasteiger partial charge in [0.2, 0.25) is 11.8 Å². The van der Waals surface area contributed by atoms with E-state index in [1.165, 1.54) is 11.8 Å². The number of hydrogen-bond donors (Lipinski definition) is 1. The molecule has 8 nitrogen and oxygen atoms in total. The van der Waals surface area contributed by atoms with Crippen LogP contribution in [0.1, 0.15) is 33.1 Å². The molecule has 8 heteroatoms. The minimum atomic E-state index is -0.303. The van der Waals surface area contributed by atoms with Gasteiger partial charge >= 0.3 is 6.09 Å². The molecule has 0 aromatic heterocycles. The number of carbonyl (C=O) groups excluding carboxylic acids is 3. The zero-order chi connectivity index (χ0) is 17.9. The Morgan fingerprint density at radius 3 is 2.46 bits per heavy atom. The molecule has 0 aromatic rings. The number of nitrogens with one attached hydrogen (secondary N) is 1. The number of likely N-dealkylation sites (tertiary alicyclic amines) is 1. The van der Waals surface area contributed by atoms with Gasteiger partial charge in [-0.1, -0.05) is 0 Å². The summed E-state index contributed by atoms with van der Waals surface area (Å²) in [6.45, 7) is 5.82. The minimum absolute atomic E-state index is 0.0240. The fourth-order valence-corrected chi connectivity index (χ4v) is 2.62. The van der Waals surface area contributed by atoms with Crippen LogP contribution in [0.2, 0.25) is 0 Å². The Morgan fingerprint density at radius 1 is 1.25 bits per heavy atom. The van der Waals surface area contributed by atoms with Crippen LogP contribution in [0, 0.1) is 0 Å². The summed E-state index contributed by atoms with van der Waals surface area (Å²) in [6.07, 6.45) is 1.77. The number of methoxy groups -OCH3 is 1. The average Bonchev–Trinajstić information content (AvgIpc) is 2.54. The number of carbonyl (C=O) groups is 3. The molecule has 1 fully saturated rings. The molecular formula is C16H29N3O5. The number of ether oxygens (including phenoxy) is 2. The van der Waals surface area contributed by atoms with Crippen molar-refractivity contribution in [3.63, 3.8) is 0 Å². The quantitative estimate of drug-likeness (QED) is 0.652. The molecule has 0 radical (unpaired) electrons. The third kappa shape index (κ3) is 7.16. The smallest absolute Gasteiger partial charge is 0.409 e. The number of piperidine rings is 1. The van der Waals surface area contributed by atoms with Gasteiger partial charge in [-0.2, -0.15) is 0 Å². The number of amides is 3. The van der Waals surface area contributed by atoms with Crippen LogP contribution >= 0.6 is 0 Å². The van der Waals surface area contributed by atoms with Gasteiger partial charge in [-0.3, -0.25) is 9.59 Å². The van der Waals surface area contributed by atoms with Gasteiger partial charge in [0.25, 0.3) is 0 Å². The van der Waals surface area contributed by atoms with Crippen molar-refractivity contribution in [1.82, 2.24) is 15.1 Å². The lowest BCUT2D eigenvalue weighted by atomic mass is 10.1. The first-order chi connectivity index (χ1) is 11.5. The van der Waals surface area contributed by atoms with Crippen LogP contribution in [-0.4, -0.2) is 80.3 Å². The Kier molecular flexibility index (Phi) is 9.14. The largest absolute Gasteiger partial charge is 0.450 e. The summed E-state index contributed by atoms with van der Waals surface area (Å²) < 4.78 is 9.93. The molecule has 1 rings (SSSR count). The summed E-state index contributed by atoms with van der Waals surface area (Å²) in [5.74, 6) is -0.296. The number of rotatable bonds is 8. The molecule has 1 aliphatic heterocycles. The third-order valence-electron chi connectivity index (χ3n) is 3.94. The summed E-state index contributed by atoms with van der Waals surface area (Å²) >= 11 is 0. The zero-order valence-electron chi connectivity index (χ0n) is 14.9. The van der Waals surface area contributed by atoms with Crippen molar-refractivity contribution >= 4 is 17.9 Å². The van der Waals surface area contributed by atoms with E-state index in [2.05, 4.69) is 5.32 Å². The van der Waals surface area contributed by atoms with Crippen molar-refractivity contribution < 1.29 is 23.9 Å². The molecule has 138 valence electrons. The van der Waals surface area contributed by atoms with Crippen LogP contribution in [-0.2, 0) is 19.1 Å². The molecule has 1 saturated heterocycles. The van der Waals surface area contributed by atoms with E-state index in [1.807, 2.05) is 0 Å². The second-order valence-corrected chi connectivity index (χ2v) is 5.81. The molecule has 0 spiro atoms. The maximum absolute atomic E-state index is 12.1. The molecule has 24 heavy (non-hydrogen) atoms. The van der Waals surface area contributed by atoms with E-state index >= 15 is 0 Å². The molecule has 0 bridgehead atoms. The highest BCUT2D eigenvalue weighted by Crippen LogP contribution is 2.11. The Balaban J connectivity index is 2.34. The summed E-state index contributed by atoms with van der Waals surface area (Å²) in [5, 5.41) is 2.94. The highest BCUT2D eigenvalue weighted by Gasteiger charge is 2.25. The molecule has 1 aliphatic rings. The van der Waals surface area contributed by atoms with E-state index < -0.39 is 0 Å². The molecule has 0 aromatic carbocycles. The maximum Gasteiger partial charge on any atom is 0.409 e. The van der Waals surface area contributed by atoms with Crippen molar-refractivity contribution in [2.75, 3.05) is 46.5 Å². The first kappa shape index (κ1) is 20.2. The second-order valence-electron chi connectivity index (χ2n) is 5.81. The van der Waals surface area contributed by atoms with Crippen LogP contribution in [0.25, 0.3) is 0 Å². The SMILES string of the molecule is CCOC(=O)N1CCC(NC(=O)CN(CCCOC)C(C)=O)CC1. The molecule has 3 amide bonds. The van der Waals surface area contributed by atoms with Gasteiger partial charge in [0.05, 0.1) is 13.2 Å². The Hall–Kier alpha value is -1.83. The average molecular weight is 343 g/mol. The third-order valence-corrected chi connectivity index (χ3v) is 3.94. The summed E-state index contributed by atoms with van der Waals surface area (Å²) in [4.78, 5) is 38.5. The second kappa shape index (κ2) is 10.9. The molecule has 0 aliphatic carbocycles. The highest BCUT2D eigenvalue weighted by atomic mass is 16.6. The van der Waals surface area contributed by atoms with Crippen LogP contribution < -0.4 is 5.32 Å². The van der Waals surface area contributed by atoms with Crippen molar-refractivity contribution in [3.05, 3.63) is 0 Å². The lowest BCUT2D eigenvalue weighted by Gasteiger charge is -2.32. The van der Waals surface area contributed by atoms with E-state index in [-0.39, 0.29) is 30.5 Å². The predicted octanol–water partition coefficient (Wildman–Crippen LogP) is 0.609. The molecule has 1 heterocycles. The van der Waals surface area contributed by atoms with E-state index in [4.69, 9.17) is 9.47 Å². The first-order valence-electron chi connectivity index (χ1n) is 8.43. The molecular weight excluding hydrogens is 314 g/mol. The van der Waals surface area contributed by atoms with Gasteiger partial charge < -0.3 is 24.6 Å². The van der Waals surface area contributed by atoms with Crippen LogP contribution in [0.3, 0.4) is 0 Å². The van der Waals surface area contributed by atoms with Crippen molar-refractivity contribution in [1.29, 1.82) is 0 Å². The van der Waals surface area contributed by atoms with E-state index in [9.17, 15) is 14.4 Å². The molecule has 1 N–H and O–H groups in total. The monoisotopic (exact) mass is 343 g/mol. The summed E-state index contributed by atoms with van der Waals surface area (Å²) in [6, 6.07) is 0.0240. The molecule has 0 atom stereocenters. The Morgan fingerprint density at radius 2 is 1.92 bits per heavy atom. The maximum atomic E-state index is 12.1. The van der Waals surface area contributed by atoms with Gasteiger partial charge in [0, 0.05) is 46.3 Å². The predicted molar refractivity (Wildman–Crippen MR) is 88.5 cm³/mol. The standard InChI is InChI=1S/C16H29N3O5/c1-4-24-16(22)18-9-6-14(7-10-18)17-15(21)12-19(13(2)20)8-5-11-23-3/h14H,4-12H2,1-3H3,(H,17,21).